The third-order valence-corrected chi connectivity index (χ3v) is 6.36. The number of carbonyl (C=O) groups is 1. The zero-order valence-electron chi connectivity index (χ0n) is 16.6. The summed E-state index contributed by atoms with van der Waals surface area (Å²) >= 11 is 2.81. The van der Waals surface area contributed by atoms with Crippen LogP contribution in [0.25, 0.3) is 22.6 Å². The van der Waals surface area contributed by atoms with Crippen molar-refractivity contribution >= 4 is 34.1 Å². The molecule has 0 fully saturated rings. The number of aromatic nitrogens is 4. The molecule has 30 heavy (non-hydrogen) atoms. The van der Waals surface area contributed by atoms with Gasteiger partial charge in [0.2, 0.25) is 5.91 Å². The fourth-order valence-corrected chi connectivity index (χ4v) is 4.59. The number of anilines is 1. The molecule has 152 valence electrons. The van der Waals surface area contributed by atoms with Crippen LogP contribution in [0, 0.1) is 0 Å². The van der Waals surface area contributed by atoms with Crippen LogP contribution in [-0.2, 0) is 11.3 Å². The molecule has 4 rings (SSSR count). The molecule has 6 nitrogen and oxygen atoms in total. The first-order chi connectivity index (χ1) is 14.7. The van der Waals surface area contributed by atoms with Gasteiger partial charge in [0.15, 0.2) is 16.1 Å². The molecule has 2 heterocycles. The Labute approximate surface area is 183 Å². The number of nitrogens with one attached hydrogen (secondary N) is 1. The molecule has 0 radical (unpaired) electrons. The van der Waals surface area contributed by atoms with E-state index in [4.69, 9.17) is 0 Å². The SMILES string of the molecule is CCn1c(SC(C)C(=O)Nc2nc(-c3ccccc3)cs2)nnc1-c1ccccc1. The molecule has 1 N–H and O–H groups in total. The summed E-state index contributed by atoms with van der Waals surface area (Å²) < 4.78 is 2.03. The quantitative estimate of drug-likeness (QED) is 0.404. The zero-order valence-corrected chi connectivity index (χ0v) is 18.3. The van der Waals surface area contributed by atoms with Crippen molar-refractivity contribution in [1.82, 2.24) is 19.7 Å². The first-order valence-corrected chi connectivity index (χ1v) is 11.4. The van der Waals surface area contributed by atoms with E-state index in [9.17, 15) is 4.79 Å². The van der Waals surface area contributed by atoms with Gasteiger partial charge in [-0.2, -0.15) is 0 Å². The highest BCUT2D eigenvalue weighted by Gasteiger charge is 2.21. The summed E-state index contributed by atoms with van der Waals surface area (Å²) in [6, 6.07) is 19.9. The van der Waals surface area contributed by atoms with Crippen LogP contribution in [0.4, 0.5) is 5.13 Å². The number of benzene rings is 2. The summed E-state index contributed by atoms with van der Waals surface area (Å²) in [6.07, 6.45) is 0. The van der Waals surface area contributed by atoms with E-state index < -0.39 is 0 Å². The van der Waals surface area contributed by atoms with Crippen molar-refractivity contribution in [1.29, 1.82) is 0 Å². The third-order valence-electron chi connectivity index (χ3n) is 4.52. The molecule has 1 atom stereocenters. The molecule has 8 heteroatoms. The summed E-state index contributed by atoms with van der Waals surface area (Å²) in [4.78, 5) is 17.2. The Bertz CT molecular complexity index is 1120. The normalized spacial score (nSPS) is 11.9. The van der Waals surface area contributed by atoms with E-state index in [0.29, 0.717) is 5.13 Å². The molecular weight excluding hydrogens is 414 g/mol. The summed E-state index contributed by atoms with van der Waals surface area (Å²) in [6.45, 7) is 4.63. The molecular formula is C22H21N5OS2. The predicted molar refractivity (Wildman–Crippen MR) is 123 cm³/mol. The molecule has 1 unspecified atom stereocenters. The second kappa shape index (κ2) is 9.23. The largest absolute Gasteiger partial charge is 0.302 e. The number of thiazole rings is 1. The third kappa shape index (κ3) is 4.44. The van der Waals surface area contributed by atoms with Crippen molar-refractivity contribution in [3.8, 4) is 22.6 Å². The minimum Gasteiger partial charge on any atom is -0.302 e. The van der Waals surface area contributed by atoms with Gasteiger partial charge in [-0.25, -0.2) is 4.98 Å². The van der Waals surface area contributed by atoms with Crippen molar-refractivity contribution in [2.75, 3.05) is 5.32 Å². The molecule has 0 aliphatic heterocycles. The zero-order chi connectivity index (χ0) is 20.9. The van der Waals surface area contributed by atoms with E-state index >= 15 is 0 Å². The van der Waals surface area contributed by atoms with E-state index in [1.54, 1.807) is 0 Å². The highest BCUT2D eigenvalue weighted by molar-refractivity contribution is 8.00. The van der Waals surface area contributed by atoms with Gasteiger partial charge in [-0.05, 0) is 13.8 Å². The van der Waals surface area contributed by atoms with Crippen LogP contribution in [0.3, 0.4) is 0 Å². The Kier molecular flexibility index (Phi) is 6.25. The minimum atomic E-state index is -0.341. The molecule has 2 aromatic carbocycles. The molecule has 0 spiro atoms. The van der Waals surface area contributed by atoms with Crippen molar-refractivity contribution < 1.29 is 4.79 Å². The van der Waals surface area contributed by atoms with E-state index in [2.05, 4.69) is 20.5 Å². The van der Waals surface area contributed by atoms with Crippen LogP contribution in [0.1, 0.15) is 13.8 Å². The molecule has 0 aliphatic rings. The van der Waals surface area contributed by atoms with Gasteiger partial charge in [0.05, 0.1) is 10.9 Å². The highest BCUT2D eigenvalue weighted by atomic mass is 32.2. The van der Waals surface area contributed by atoms with E-state index in [0.717, 1.165) is 34.3 Å². The Morgan fingerprint density at radius 2 is 1.73 bits per heavy atom. The lowest BCUT2D eigenvalue weighted by atomic mass is 10.2. The minimum absolute atomic E-state index is 0.110. The molecule has 0 aliphatic carbocycles. The van der Waals surface area contributed by atoms with Crippen molar-refractivity contribution in [2.24, 2.45) is 0 Å². The topological polar surface area (TPSA) is 72.7 Å². The Morgan fingerprint density at radius 1 is 1.07 bits per heavy atom. The Hall–Kier alpha value is -2.97. The molecule has 0 saturated carbocycles. The maximum Gasteiger partial charge on any atom is 0.239 e. The average molecular weight is 436 g/mol. The highest BCUT2D eigenvalue weighted by Crippen LogP contribution is 2.29. The molecule has 1 amide bonds. The number of hydrogen-bond donors (Lipinski definition) is 1. The number of thioether (sulfide) groups is 1. The first kappa shape index (κ1) is 20.3. The molecule has 0 bridgehead atoms. The maximum atomic E-state index is 12.7. The van der Waals surface area contributed by atoms with Gasteiger partial charge in [-0.3, -0.25) is 4.79 Å². The second-order valence-electron chi connectivity index (χ2n) is 6.57. The number of rotatable bonds is 7. The standard InChI is InChI=1S/C22H21N5OS2/c1-3-27-19(17-12-8-5-9-13-17)25-26-22(27)30-15(2)20(28)24-21-23-18(14-29-21)16-10-6-4-7-11-16/h4-15H,3H2,1-2H3,(H,23,24,28). The van der Waals surface area contributed by atoms with E-state index in [1.807, 2.05) is 84.5 Å². The number of hydrogen-bond acceptors (Lipinski definition) is 6. The lowest BCUT2D eigenvalue weighted by molar-refractivity contribution is -0.115. The summed E-state index contributed by atoms with van der Waals surface area (Å²) in [7, 11) is 0. The van der Waals surface area contributed by atoms with Crippen LogP contribution in [0.5, 0.6) is 0 Å². The Balaban J connectivity index is 1.44. The van der Waals surface area contributed by atoms with E-state index in [-0.39, 0.29) is 11.2 Å². The van der Waals surface area contributed by atoms with Gasteiger partial charge in [-0.15, -0.1) is 21.5 Å². The van der Waals surface area contributed by atoms with Crippen LogP contribution < -0.4 is 5.32 Å². The van der Waals surface area contributed by atoms with Crippen molar-refractivity contribution in [3.63, 3.8) is 0 Å². The van der Waals surface area contributed by atoms with Crippen LogP contribution in [0.2, 0.25) is 0 Å². The maximum absolute atomic E-state index is 12.7. The van der Waals surface area contributed by atoms with Gasteiger partial charge in [0.25, 0.3) is 0 Å². The number of amides is 1. The van der Waals surface area contributed by atoms with Crippen LogP contribution in [-0.4, -0.2) is 30.9 Å². The van der Waals surface area contributed by atoms with Gasteiger partial charge < -0.3 is 9.88 Å². The van der Waals surface area contributed by atoms with Crippen LogP contribution >= 0.6 is 23.1 Å². The summed E-state index contributed by atoms with van der Waals surface area (Å²) in [5.41, 5.74) is 2.89. The van der Waals surface area contributed by atoms with Gasteiger partial charge in [0.1, 0.15) is 0 Å². The summed E-state index contributed by atoms with van der Waals surface area (Å²) in [5.74, 6) is 0.696. The van der Waals surface area contributed by atoms with Crippen molar-refractivity contribution in [3.05, 3.63) is 66.0 Å². The lowest BCUT2D eigenvalue weighted by Crippen LogP contribution is -2.22. The molecule has 4 aromatic rings. The fourth-order valence-electron chi connectivity index (χ4n) is 2.95. The molecule has 0 saturated heterocycles. The number of carbonyl (C=O) groups excluding carboxylic acids is 1. The molecule has 2 aromatic heterocycles. The first-order valence-electron chi connectivity index (χ1n) is 9.62. The van der Waals surface area contributed by atoms with Gasteiger partial charge >= 0.3 is 0 Å². The smallest absolute Gasteiger partial charge is 0.239 e. The predicted octanol–water partition coefficient (Wildman–Crippen LogP) is 5.21. The van der Waals surface area contributed by atoms with Crippen LogP contribution in [0.15, 0.2) is 71.2 Å². The monoisotopic (exact) mass is 435 g/mol. The van der Waals surface area contributed by atoms with E-state index in [1.165, 1.54) is 23.1 Å². The lowest BCUT2D eigenvalue weighted by Gasteiger charge is -2.11. The number of nitrogens with zero attached hydrogens (tertiary/aromatic N) is 4. The second-order valence-corrected chi connectivity index (χ2v) is 8.74. The fraction of sp³-hybridized carbons (Fsp3) is 0.182. The average Bonchev–Trinajstić information content (AvgIpc) is 3.41. The summed E-state index contributed by atoms with van der Waals surface area (Å²) in [5, 5.41) is 14.5. The Morgan fingerprint density at radius 3 is 2.40 bits per heavy atom. The van der Waals surface area contributed by atoms with Gasteiger partial charge in [-0.1, -0.05) is 72.4 Å². The van der Waals surface area contributed by atoms with Crippen molar-refractivity contribution in [2.45, 2.75) is 30.8 Å². The van der Waals surface area contributed by atoms with Gasteiger partial charge in [0, 0.05) is 23.1 Å².